The Morgan fingerprint density at radius 1 is 0.507 bits per heavy atom. The zero-order chi connectivity index (χ0) is 45.2. The molecule has 1 aliphatic rings. The molecule has 0 N–H and O–H groups in total. The van der Waals surface area contributed by atoms with Gasteiger partial charge in [0.15, 0.2) is 0 Å². The first-order valence-corrected chi connectivity index (χ1v) is 23.0. The van der Waals surface area contributed by atoms with Gasteiger partial charge in [-0.2, -0.15) is 0 Å². The highest BCUT2D eigenvalue weighted by atomic mass is 16.5. The van der Waals surface area contributed by atoms with E-state index in [2.05, 4.69) is 207 Å². The van der Waals surface area contributed by atoms with E-state index in [0.29, 0.717) is 0 Å². The molecule has 5 heteroatoms. The van der Waals surface area contributed by atoms with Gasteiger partial charge in [-0.15, -0.1) is 0 Å². The van der Waals surface area contributed by atoms with Gasteiger partial charge in [0.1, 0.15) is 33.8 Å². The summed E-state index contributed by atoms with van der Waals surface area (Å²) in [5.41, 5.74) is 16.9. The van der Waals surface area contributed by atoms with Gasteiger partial charge in [-0.3, -0.25) is 0 Å². The summed E-state index contributed by atoms with van der Waals surface area (Å²) in [6, 6.07) is 66.7. The highest BCUT2D eigenvalue weighted by Gasteiger charge is 2.30. The van der Waals surface area contributed by atoms with Gasteiger partial charge >= 0.3 is 0 Å². The first-order chi connectivity index (χ1) is 32.9. The third kappa shape index (κ3) is 7.03. The number of ether oxygens (including phenoxy) is 1. The van der Waals surface area contributed by atoms with E-state index in [1.807, 2.05) is 25.1 Å². The third-order valence-corrected chi connectivity index (χ3v) is 13.3. The first kappa shape index (κ1) is 40.3. The molecule has 0 bridgehead atoms. The molecule has 1 aliphatic heterocycles. The fourth-order valence-electron chi connectivity index (χ4n) is 10.5. The second-order valence-electron chi connectivity index (χ2n) is 18.0. The molecule has 3 heterocycles. The Kier molecular flexibility index (Phi) is 9.80. The molecule has 67 heavy (non-hydrogen) atoms. The minimum atomic E-state index is -0.00597. The molecule has 0 saturated heterocycles. The predicted octanol–water partition coefficient (Wildman–Crippen LogP) is 16.6. The van der Waals surface area contributed by atoms with Crippen molar-refractivity contribution in [1.29, 1.82) is 0 Å². The lowest BCUT2D eigenvalue weighted by atomic mass is 9.37. The summed E-state index contributed by atoms with van der Waals surface area (Å²) in [7, 11) is 0. The molecular weight excluding hydrogens is 817 g/mol. The highest BCUT2D eigenvalue weighted by molar-refractivity contribution is 6.89. The van der Waals surface area contributed by atoms with Crippen LogP contribution in [0.5, 0.6) is 11.5 Å². The number of hydrogen-bond acceptors (Lipinski definition) is 4. The number of furan rings is 2. The van der Waals surface area contributed by atoms with Gasteiger partial charge in [-0.25, -0.2) is 0 Å². The van der Waals surface area contributed by atoms with E-state index in [1.165, 1.54) is 27.5 Å². The average molecular weight is 864 g/mol. The van der Waals surface area contributed by atoms with Crippen LogP contribution in [-0.4, -0.2) is 6.71 Å². The van der Waals surface area contributed by atoms with Crippen LogP contribution in [0.1, 0.15) is 20.8 Å². The van der Waals surface area contributed by atoms with E-state index in [4.69, 9.17) is 13.6 Å². The number of nitrogens with zero attached hydrogens (tertiary/aromatic N) is 1. The van der Waals surface area contributed by atoms with Gasteiger partial charge in [0.2, 0.25) is 6.71 Å². The van der Waals surface area contributed by atoms with E-state index >= 15 is 0 Å². The van der Waals surface area contributed by atoms with Gasteiger partial charge in [0, 0.05) is 61.6 Å². The molecule has 4 nitrogen and oxygen atoms in total. The lowest BCUT2D eigenvalue weighted by molar-refractivity contribution is 0.487. The molecule has 9 aromatic carbocycles. The monoisotopic (exact) mass is 863 g/mol. The molecule has 0 aliphatic carbocycles. The number of allylic oxidation sites excluding steroid dienone is 5. The van der Waals surface area contributed by atoms with E-state index in [-0.39, 0.29) is 6.71 Å². The van der Waals surface area contributed by atoms with Crippen molar-refractivity contribution in [1.82, 2.24) is 0 Å². The lowest BCUT2D eigenvalue weighted by Crippen LogP contribution is -2.43. The van der Waals surface area contributed by atoms with Crippen molar-refractivity contribution in [3.63, 3.8) is 0 Å². The number of hydrogen-bond donors (Lipinski definition) is 0. The van der Waals surface area contributed by atoms with Gasteiger partial charge in [-0.05, 0) is 97.6 Å². The standard InChI is InChI=1S/C62H46BNO3/c1-39(2)34-40(3)35-41(4)38-63(54-23-14-21-51-47-20-10-13-26-57(47)67-62(51)54)53-33-32-50-49-31-29-44(37-60(49)66-58-27-15-22-52(53)61(50)58)64(55-24-11-8-18-45(55)42-16-6-5-7-17-42)43-28-30-48-46-19-9-12-25-56(46)65-59(48)36-43/h5-37H,1,38H2,2-4H3/b40-34-,41-35-. The summed E-state index contributed by atoms with van der Waals surface area (Å²) in [4.78, 5) is 2.32. The van der Waals surface area contributed by atoms with Crippen molar-refractivity contribution in [2.24, 2.45) is 0 Å². The first-order valence-electron chi connectivity index (χ1n) is 23.0. The third-order valence-electron chi connectivity index (χ3n) is 13.3. The summed E-state index contributed by atoms with van der Waals surface area (Å²) in [5, 5.41) is 6.74. The minimum absolute atomic E-state index is 0.00597. The van der Waals surface area contributed by atoms with Gasteiger partial charge in [-0.1, -0.05) is 168 Å². The second kappa shape index (κ2) is 16.3. The number of anilines is 3. The molecule has 0 fully saturated rings. The summed E-state index contributed by atoms with van der Waals surface area (Å²) < 4.78 is 20.3. The zero-order valence-corrected chi connectivity index (χ0v) is 37.7. The normalized spacial score (nSPS) is 12.5. The topological polar surface area (TPSA) is 38.8 Å². The molecular formula is C62H46BNO3. The Morgan fingerprint density at radius 2 is 1.16 bits per heavy atom. The van der Waals surface area contributed by atoms with Crippen LogP contribution in [0, 0.1) is 0 Å². The molecule has 0 radical (unpaired) electrons. The molecule has 0 spiro atoms. The summed E-state index contributed by atoms with van der Waals surface area (Å²) in [6.45, 7) is 10.5. The number of fused-ring (bicyclic) bond motifs is 8. The second-order valence-corrected chi connectivity index (χ2v) is 18.0. The maximum absolute atomic E-state index is 7.07. The number of para-hydroxylation sites is 4. The van der Waals surface area contributed by atoms with Crippen LogP contribution in [-0.2, 0) is 0 Å². The van der Waals surface area contributed by atoms with E-state index < -0.39 is 0 Å². The molecule has 0 atom stereocenters. The van der Waals surface area contributed by atoms with Crippen LogP contribution in [0.15, 0.2) is 232 Å². The predicted molar refractivity (Wildman–Crippen MR) is 283 cm³/mol. The van der Waals surface area contributed by atoms with Crippen molar-refractivity contribution in [3.8, 4) is 33.8 Å². The Balaban J connectivity index is 1.01. The van der Waals surface area contributed by atoms with Crippen molar-refractivity contribution in [3.05, 3.63) is 224 Å². The molecule has 2 aromatic heterocycles. The quantitative estimate of drug-likeness (QED) is 0.101. The zero-order valence-electron chi connectivity index (χ0n) is 37.7. The molecule has 12 rings (SSSR count). The Hall–Kier alpha value is -8.28. The summed E-state index contributed by atoms with van der Waals surface area (Å²) in [6.07, 6.45) is 5.23. The largest absolute Gasteiger partial charge is 0.457 e. The maximum Gasteiger partial charge on any atom is 0.219 e. The van der Waals surface area contributed by atoms with Crippen LogP contribution < -0.4 is 20.6 Å². The molecule has 0 amide bonds. The molecule has 320 valence electrons. The van der Waals surface area contributed by atoms with E-state index in [0.717, 1.165) is 112 Å². The van der Waals surface area contributed by atoms with Crippen molar-refractivity contribution < 1.29 is 13.6 Å². The Morgan fingerprint density at radius 3 is 2.00 bits per heavy atom. The SMILES string of the molecule is C=C(C)/C=C(C)\C=C(\C)CB(c1ccc2c3c(cccc13)Oc1cc(N(c3ccc4c(c3)oc3ccccc34)c3ccccc3-c3ccccc3)ccc1-2)c1cccc2c1oc1ccccc12. The van der Waals surface area contributed by atoms with Gasteiger partial charge in [0.05, 0.1) is 5.69 Å². The van der Waals surface area contributed by atoms with Crippen LogP contribution in [0.2, 0.25) is 6.32 Å². The molecule has 0 saturated carbocycles. The Labute approximate surface area is 390 Å². The Bertz CT molecular complexity index is 3830. The van der Waals surface area contributed by atoms with E-state index in [1.54, 1.807) is 0 Å². The average Bonchev–Trinajstić information content (AvgIpc) is 3.92. The molecule has 11 aromatic rings. The smallest absolute Gasteiger partial charge is 0.219 e. The van der Waals surface area contributed by atoms with Crippen LogP contribution >= 0.6 is 0 Å². The van der Waals surface area contributed by atoms with Crippen molar-refractivity contribution in [2.75, 3.05) is 4.90 Å². The fraction of sp³-hybridized carbons (Fsp3) is 0.0645. The van der Waals surface area contributed by atoms with Crippen LogP contribution in [0.4, 0.5) is 17.1 Å². The minimum Gasteiger partial charge on any atom is -0.457 e. The lowest BCUT2D eigenvalue weighted by Gasteiger charge is -2.30. The number of benzene rings is 9. The van der Waals surface area contributed by atoms with Gasteiger partial charge in [0.25, 0.3) is 0 Å². The highest BCUT2D eigenvalue weighted by Crippen LogP contribution is 2.50. The van der Waals surface area contributed by atoms with E-state index in [9.17, 15) is 0 Å². The van der Waals surface area contributed by atoms with Crippen LogP contribution in [0.25, 0.3) is 76.9 Å². The fourth-order valence-corrected chi connectivity index (χ4v) is 10.5. The number of rotatable bonds is 10. The summed E-state index contributed by atoms with van der Waals surface area (Å²) >= 11 is 0. The maximum atomic E-state index is 7.07. The van der Waals surface area contributed by atoms with Gasteiger partial charge < -0.3 is 18.5 Å². The molecule has 0 unspecified atom stereocenters. The summed E-state index contributed by atoms with van der Waals surface area (Å²) in [5.74, 6) is 1.64. The van der Waals surface area contributed by atoms with Crippen LogP contribution in [0.3, 0.4) is 0 Å². The van der Waals surface area contributed by atoms with Crippen molar-refractivity contribution >= 4 is 89.3 Å². The van der Waals surface area contributed by atoms with Crippen molar-refractivity contribution in [2.45, 2.75) is 27.1 Å².